The van der Waals surface area contributed by atoms with Crippen LogP contribution in [-0.2, 0) is 22.5 Å². The number of carbonyl (C=O) groups excluding carboxylic acids is 2. The third kappa shape index (κ3) is 4.63. The van der Waals surface area contributed by atoms with Crippen molar-refractivity contribution in [2.45, 2.75) is 76.5 Å². The van der Waals surface area contributed by atoms with Crippen molar-refractivity contribution in [1.82, 2.24) is 19.6 Å². The summed E-state index contributed by atoms with van der Waals surface area (Å²) in [6.07, 6.45) is 5.53. The van der Waals surface area contributed by atoms with Crippen molar-refractivity contribution in [3.63, 3.8) is 0 Å². The zero-order chi connectivity index (χ0) is 28.5. The number of aliphatic hydroxyl groups excluding tert-OH is 1. The number of aliphatic hydroxyl groups is 1. The lowest BCUT2D eigenvalue weighted by Gasteiger charge is -2.44. The normalized spacial score (nSPS) is 24.5. The summed E-state index contributed by atoms with van der Waals surface area (Å²) in [5, 5.41) is 13.8. The van der Waals surface area contributed by atoms with Gasteiger partial charge in [0.15, 0.2) is 5.69 Å². The van der Waals surface area contributed by atoms with Crippen LogP contribution in [0, 0.1) is 25.6 Å². The molecular weight excluding hydrogens is 525 g/mol. The first kappa shape index (κ1) is 26.9. The molecule has 10 heteroatoms. The Bertz CT molecular complexity index is 1380. The van der Waals surface area contributed by atoms with E-state index >= 15 is 0 Å². The van der Waals surface area contributed by atoms with E-state index in [-0.39, 0.29) is 42.4 Å². The molecule has 2 aliphatic heterocycles. The third-order valence-corrected chi connectivity index (χ3v) is 10.3. The first-order chi connectivity index (χ1) is 19.8. The first-order valence-corrected chi connectivity index (χ1v) is 15.2. The number of halogens is 1. The minimum Gasteiger partial charge on any atom is -0.394 e. The summed E-state index contributed by atoms with van der Waals surface area (Å²) in [4.78, 5) is 33.7. The van der Waals surface area contributed by atoms with Crippen LogP contribution in [0.2, 0.25) is 0 Å². The zero-order valence-corrected chi connectivity index (χ0v) is 24.1. The van der Waals surface area contributed by atoms with E-state index in [0.717, 1.165) is 67.6 Å². The van der Waals surface area contributed by atoms with Gasteiger partial charge in [0.25, 0.3) is 5.91 Å². The summed E-state index contributed by atoms with van der Waals surface area (Å²) in [5.74, 6) is 0.840. The predicted molar refractivity (Wildman–Crippen MR) is 151 cm³/mol. The molecule has 2 saturated carbocycles. The number of carbonyl (C=O) groups is 2. The number of ether oxygens (including phenoxy) is 1. The fourth-order valence-electron chi connectivity index (χ4n) is 7.55. The summed E-state index contributed by atoms with van der Waals surface area (Å²) in [7, 11) is 0. The number of rotatable bonds is 7. The molecule has 1 N–H and O–H groups in total. The Morgan fingerprint density at radius 1 is 1.12 bits per heavy atom. The Kier molecular flexibility index (Phi) is 6.61. The summed E-state index contributed by atoms with van der Waals surface area (Å²) in [6, 6.07) is 3.41. The van der Waals surface area contributed by atoms with Crippen molar-refractivity contribution < 1.29 is 23.8 Å². The lowest BCUT2D eigenvalue weighted by atomic mass is 10.0. The molecule has 0 radical (unpaired) electrons. The third-order valence-electron chi connectivity index (χ3n) is 10.3. The van der Waals surface area contributed by atoms with E-state index in [4.69, 9.17) is 14.9 Å². The lowest BCUT2D eigenvalue weighted by molar-refractivity contribution is -0.135. The SMILES string of the molecule is Cc1c(F)ccc(N2CCN(C(=O)Cn3nc(C(=O)N4CCC(OCCO)CC4)c4c3C[C@H]3CC43)C3(CC3)C2)c1C. The molecule has 220 valence electrons. The van der Waals surface area contributed by atoms with Gasteiger partial charge in [-0.15, -0.1) is 0 Å². The predicted octanol–water partition coefficient (Wildman–Crippen LogP) is 2.79. The molecule has 5 aliphatic rings. The molecule has 9 nitrogen and oxygen atoms in total. The summed E-state index contributed by atoms with van der Waals surface area (Å²) in [6.45, 7) is 7.62. The van der Waals surface area contributed by atoms with Gasteiger partial charge >= 0.3 is 0 Å². The number of piperazine rings is 1. The molecular formula is C31H40FN5O4. The van der Waals surface area contributed by atoms with Gasteiger partial charge < -0.3 is 24.5 Å². The highest BCUT2D eigenvalue weighted by atomic mass is 19.1. The standard InChI is InChI=1S/C31H40FN5O4/c1-19-20(2)25(4-3-24(19)32)35-11-12-36(31(18-35)7-8-31)27(39)17-37-26-16-21-15-23(21)28(26)29(33-37)30(40)34-9-5-22(6-10-34)41-14-13-38/h3-4,21-23,38H,5-18H2,1-2H3/t21-,23?/m1/s1. The minimum atomic E-state index is -0.181. The van der Waals surface area contributed by atoms with Crippen LogP contribution in [0.5, 0.6) is 0 Å². The van der Waals surface area contributed by atoms with E-state index in [1.807, 2.05) is 29.5 Å². The summed E-state index contributed by atoms with van der Waals surface area (Å²) >= 11 is 0. The summed E-state index contributed by atoms with van der Waals surface area (Å²) < 4.78 is 21.6. The van der Waals surface area contributed by atoms with Crippen LogP contribution in [-0.4, -0.2) is 94.1 Å². The molecule has 2 atom stereocenters. The average molecular weight is 566 g/mol. The van der Waals surface area contributed by atoms with Crippen molar-refractivity contribution >= 4 is 17.5 Å². The molecule has 1 aromatic carbocycles. The van der Waals surface area contributed by atoms with E-state index in [1.165, 1.54) is 0 Å². The van der Waals surface area contributed by atoms with Gasteiger partial charge in [0, 0.05) is 49.7 Å². The number of fused-ring (bicyclic) bond motifs is 3. The molecule has 3 heterocycles. The van der Waals surface area contributed by atoms with Crippen molar-refractivity contribution in [3.8, 4) is 0 Å². The Labute approximate surface area is 240 Å². The Morgan fingerprint density at radius 3 is 2.63 bits per heavy atom. The molecule has 2 amide bonds. The van der Waals surface area contributed by atoms with Gasteiger partial charge in [0.2, 0.25) is 5.91 Å². The van der Waals surface area contributed by atoms with Crippen molar-refractivity contribution in [3.05, 3.63) is 46.0 Å². The van der Waals surface area contributed by atoms with Gasteiger partial charge in [-0.1, -0.05) is 0 Å². The van der Waals surface area contributed by atoms with Crippen molar-refractivity contribution in [1.29, 1.82) is 0 Å². The quantitative estimate of drug-likeness (QED) is 0.556. The van der Waals surface area contributed by atoms with Gasteiger partial charge in [0.1, 0.15) is 12.4 Å². The Balaban J connectivity index is 1.05. The molecule has 2 aromatic rings. The van der Waals surface area contributed by atoms with Crippen molar-refractivity contribution in [2.75, 3.05) is 50.8 Å². The molecule has 7 rings (SSSR count). The number of piperidine rings is 1. The number of nitrogens with zero attached hydrogens (tertiary/aromatic N) is 5. The highest BCUT2D eigenvalue weighted by Gasteiger charge is 2.54. The van der Waals surface area contributed by atoms with Gasteiger partial charge in [-0.2, -0.15) is 5.10 Å². The number of hydrogen-bond donors (Lipinski definition) is 1. The lowest BCUT2D eigenvalue weighted by Crippen LogP contribution is -2.58. The molecule has 2 saturated heterocycles. The fourth-order valence-corrected chi connectivity index (χ4v) is 7.55. The average Bonchev–Trinajstić information content (AvgIpc) is 3.86. The second-order valence-electron chi connectivity index (χ2n) is 12.8. The molecule has 0 bridgehead atoms. The van der Waals surface area contributed by atoms with E-state index in [0.29, 0.717) is 55.9 Å². The van der Waals surface area contributed by atoms with Crippen LogP contribution in [0.25, 0.3) is 0 Å². The minimum absolute atomic E-state index is 0.00835. The number of hydrogen-bond acceptors (Lipinski definition) is 6. The number of benzene rings is 1. The van der Waals surface area contributed by atoms with Crippen molar-refractivity contribution in [2.24, 2.45) is 5.92 Å². The Hall–Kier alpha value is -2.98. The van der Waals surface area contributed by atoms with Crippen LogP contribution in [0.3, 0.4) is 0 Å². The number of aromatic nitrogens is 2. The molecule has 1 spiro atoms. The maximum Gasteiger partial charge on any atom is 0.274 e. The van der Waals surface area contributed by atoms with Gasteiger partial charge in [-0.3, -0.25) is 14.3 Å². The first-order valence-electron chi connectivity index (χ1n) is 15.2. The molecule has 41 heavy (non-hydrogen) atoms. The number of anilines is 1. The molecule has 1 unspecified atom stereocenters. The Morgan fingerprint density at radius 2 is 1.90 bits per heavy atom. The highest BCUT2D eigenvalue weighted by molar-refractivity contribution is 5.95. The van der Waals surface area contributed by atoms with Crippen LogP contribution in [0.15, 0.2) is 12.1 Å². The zero-order valence-electron chi connectivity index (χ0n) is 24.1. The van der Waals surface area contributed by atoms with Gasteiger partial charge in [0.05, 0.1) is 24.9 Å². The molecule has 1 aromatic heterocycles. The summed E-state index contributed by atoms with van der Waals surface area (Å²) in [5.41, 5.74) is 5.22. The maximum atomic E-state index is 14.1. The maximum absolute atomic E-state index is 14.1. The van der Waals surface area contributed by atoms with E-state index in [2.05, 4.69) is 9.80 Å². The number of likely N-dealkylation sites (tertiary alicyclic amines) is 1. The number of amides is 2. The van der Waals surface area contributed by atoms with Crippen LogP contribution in [0.1, 0.15) is 70.9 Å². The topological polar surface area (TPSA) is 91.1 Å². The van der Waals surface area contributed by atoms with E-state index in [9.17, 15) is 14.0 Å². The largest absolute Gasteiger partial charge is 0.394 e. The molecule has 4 fully saturated rings. The molecule has 3 aliphatic carbocycles. The monoisotopic (exact) mass is 565 g/mol. The van der Waals surface area contributed by atoms with E-state index in [1.54, 1.807) is 6.07 Å². The van der Waals surface area contributed by atoms with Crippen LogP contribution >= 0.6 is 0 Å². The highest BCUT2D eigenvalue weighted by Crippen LogP contribution is 2.57. The van der Waals surface area contributed by atoms with Crippen LogP contribution in [0.4, 0.5) is 10.1 Å². The fraction of sp³-hybridized carbons (Fsp3) is 0.645. The van der Waals surface area contributed by atoms with Gasteiger partial charge in [-0.25, -0.2) is 4.39 Å². The second-order valence-corrected chi connectivity index (χ2v) is 12.8. The smallest absolute Gasteiger partial charge is 0.274 e. The van der Waals surface area contributed by atoms with E-state index < -0.39 is 0 Å². The second kappa shape index (κ2) is 10.1. The van der Waals surface area contributed by atoms with Crippen LogP contribution < -0.4 is 4.90 Å². The van der Waals surface area contributed by atoms with Gasteiger partial charge in [-0.05, 0) is 87.5 Å².